The van der Waals surface area contributed by atoms with Crippen molar-refractivity contribution in [3.8, 4) is 5.75 Å². The van der Waals surface area contributed by atoms with Crippen LogP contribution < -0.4 is 10.1 Å². The topological polar surface area (TPSA) is 21.3 Å². The molecule has 0 radical (unpaired) electrons. The number of rotatable bonds is 6. The second-order valence-corrected chi connectivity index (χ2v) is 5.87. The minimum absolute atomic E-state index is 0.0829. The van der Waals surface area contributed by atoms with Gasteiger partial charge in [-0.3, -0.25) is 0 Å². The van der Waals surface area contributed by atoms with Gasteiger partial charge in [0.1, 0.15) is 6.61 Å². The molecule has 0 spiro atoms. The summed E-state index contributed by atoms with van der Waals surface area (Å²) < 4.78 is 18.8. The fraction of sp³-hybridized carbons (Fsp3) is 0.286. The molecule has 0 bridgehead atoms. The van der Waals surface area contributed by atoms with E-state index < -0.39 is 5.82 Å². The molecular formula is C14H15ClFNOS. The van der Waals surface area contributed by atoms with Crippen LogP contribution in [0.25, 0.3) is 0 Å². The van der Waals surface area contributed by atoms with Gasteiger partial charge in [-0.1, -0.05) is 17.7 Å². The second-order valence-electron chi connectivity index (χ2n) is 4.09. The molecule has 2 rings (SSSR count). The van der Waals surface area contributed by atoms with Gasteiger partial charge in [-0.25, -0.2) is 4.39 Å². The molecule has 1 aromatic heterocycles. The summed E-state index contributed by atoms with van der Waals surface area (Å²) in [6.45, 7) is 3.95. The molecule has 0 aliphatic heterocycles. The molecule has 0 aliphatic rings. The average molecular weight is 300 g/mol. The predicted octanol–water partition coefficient (Wildman–Crippen LogP) is 4.02. The normalized spacial score (nSPS) is 10.7. The molecule has 19 heavy (non-hydrogen) atoms. The van der Waals surface area contributed by atoms with Crippen molar-refractivity contribution < 1.29 is 9.13 Å². The lowest BCUT2D eigenvalue weighted by atomic mass is 10.3. The molecule has 5 heteroatoms. The van der Waals surface area contributed by atoms with Gasteiger partial charge in [-0.2, -0.15) is 0 Å². The van der Waals surface area contributed by atoms with E-state index in [0.29, 0.717) is 13.2 Å². The first-order chi connectivity index (χ1) is 9.16. The van der Waals surface area contributed by atoms with E-state index in [9.17, 15) is 4.39 Å². The average Bonchev–Trinajstić information content (AvgIpc) is 2.80. The Morgan fingerprint density at radius 3 is 2.89 bits per heavy atom. The fourth-order valence-electron chi connectivity index (χ4n) is 1.62. The van der Waals surface area contributed by atoms with Gasteiger partial charge >= 0.3 is 0 Å². The maximum absolute atomic E-state index is 13.5. The Labute approximate surface area is 121 Å². The molecule has 0 aliphatic carbocycles. The van der Waals surface area contributed by atoms with Crippen molar-refractivity contribution in [3.63, 3.8) is 0 Å². The first-order valence-electron chi connectivity index (χ1n) is 5.99. The zero-order valence-corrected chi connectivity index (χ0v) is 12.2. The van der Waals surface area contributed by atoms with E-state index >= 15 is 0 Å². The van der Waals surface area contributed by atoms with Crippen LogP contribution in [0, 0.1) is 12.7 Å². The molecule has 1 heterocycles. The Kier molecular flexibility index (Phi) is 5.19. The minimum atomic E-state index is -0.502. The second kappa shape index (κ2) is 6.89. The predicted molar refractivity (Wildman–Crippen MR) is 77.7 cm³/mol. The van der Waals surface area contributed by atoms with E-state index in [1.54, 1.807) is 23.5 Å². The highest BCUT2D eigenvalue weighted by Gasteiger charge is 2.06. The van der Waals surface area contributed by atoms with Crippen LogP contribution in [0.3, 0.4) is 0 Å². The van der Waals surface area contributed by atoms with Gasteiger partial charge in [0.05, 0.1) is 5.02 Å². The zero-order chi connectivity index (χ0) is 13.7. The Morgan fingerprint density at radius 1 is 1.32 bits per heavy atom. The van der Waals surface area contributed by atoms with Crippen molar-refractivity contribution in [2.24, 2.45) is 0 Å². The van der Waals surface area contributed by atoms with Crippen LogP contribution in [0.4, 0.5) is 4.39 Å². The molecule has 1 aromatic carbocycles. The van der Waals surface area contributed by atoms with Gasteiger partial charge in [0, 0.05) is 22.8 Å². The van der Waals surface area contributed by atoms with Crippen LogP contribution >= 0.6 is 22.9 Å². The quantitative estimate of drug-likeness (QED) is 0.814. The number of halogens is 2. The van der Waals surface area contributed by atoms with E-state index in [4.69, 9.17) is 16.3 Å². The van der Waals surface area contributed by atoms with Crippen molar-refractivity contribution in [3.05, 3.63) is 50.9 Å². The molecule has 102 valence electrons. The van der Waals surface area contributed by atoms with Gasteiger partial charge in [0.25, 0.3) is 0 Å². The largest absolute Gasteiger partial charge is 0.489 e. The molecule has 0 atom stereocenters. The molecule has 0 fully saturated rings. The number of benzene rings is 1. The van der Waals surface area contributed by atoms with Gasteiger partial charge in [0.15, 0.2) is 11.6 Å². The molecular weight excluding hydrogens is 285 g/mol. The maximum atomic E-state index is 13.5. The lowest BCUT2D eigenvalue weighted by molar-refractivity contribution is 0.298. The summed E-state index contributed by atoms with van der Waals surface area (Å²) in [6, 6.07) is 8.94. The third kappa shape index (κ3) is 4.20. The van der Waals surface area contributed by atoms with Crippen molar-refractivity contribution in [2.75, 3.05) is 13.2 Å². The standard InChI is InChI=1S/C14H15ClFNOS/c1-10-5-6-11(19-10)9-17-7-8-18-13-4-2-3-12(15)14(13)16/h2-6,17H,7-9H2,1H3. The molecule has 0 saturated carbocycles. The third-order valence-electron chi connectivity index (χ3n) is 2.55. The van der Waals surface area contributed by atoms with Gasteiger partial charge in [0.2, 0.25) is 0 Å². The highest BCUT2D eigenvalue weighted by molar-refractivity contribution is 7.11. The first-order valence-corrected chi connectivity index (χ1v) is 7.19. The summed E-state index contributed by atoms with van der Waals surface area (Å²) in [5, 5.41) is 3.33. The Balaban J connectivity index is 1.71. The smallest absolute Gasteiger partial charge is 0.183 e. The number of hydrogen-bond donors (Lipinski definition) is 1. The van der Waals surface area contributed by atoms with E-state index in [1.165, 1.54) is 15.8 Å². The molecule has 0 unspecified atom stereocenters. The molecule has 2 aromatic rings. The van der Waals surface area contributed by atoms with Crippen molar-refractivity contribution in [1.82, 2.24) is 5.32 Å². The Morgan fingerprint density at radius 2 is 2.16 bits per heavy atom. The van der Waals surface area contributed by atoms with E-state index in [1.807, 2.05) is 0 Å². The van der Waals surface area contributed by atoms with Crippen LogP contribution in [-0.4, -0.2) is 13.2 Å². The summed E-state index contributed by atoms with van der Waals surface area (Å²) in [6.07, 6.45) is 0. The number of thiophene rings is 1. The molecule has 2 nitrogen and oxygen atoms in total. The minimum Gasteiger partial charge on any atom is -0.489 e. The van der Waals surface area contributed by atoms with E-state index in [2.05, 4.69) is 24.4 Å². The number of nitrogens with one attached hydrogen (secondary N) is 1. The van der Waals surface area contributed by atoms with Crippen LogP contribution in [0.2, 0.25) is 5.02 Å². The van der Waals surface area contributed by atoms with E-state index in [-0.39, 0.29) is 10.8 Å². The number of hydrogen-bond acceptors (Lipinski definition) is 3. The molecule has 1 N–H and O–H groups in total. The summed E-state index contributed by atoms with van der Waals surface area (Å²) in [5.41, 5.74) is 0. The first kappa shape index (κ1) is 14.3. The third-order valence-corrected chi connectivity index (χ3v) is 3.84. The lowest BCUT2D eigenvalue weighted by Crippen LogP contribution is -2.20. The van der Waals surface area contributed by atoms with Gasteiger partial charge < -0.3 is 10.1 Å². The zero-order valence-electron chi connectivity index (χ0n) is 10.6. The monoisotopic (exact) mass is 299 g/mol. The van der Waals surface area contributed by atoms with Crippen molar-refractivity contribution in [2.45, 2.75) is 13.5 Å². The summed E-state index contributed by atoms with van der Waals surface area (Å²) in [5.74, 6) is -0.306. The van der Waals surface area contributed by atoms with Crippen LogP contribution in [0.15, 0.2) is 30.3 Å². The van der Waals surface area contributed by atoms with Gasteiger partial charge in [-0.15, -0.1) is 11.3 Å². The van der Waals surface area contributed by atoms with Gasteiger partial charge in [-0.05, 0) is 31.2 Å². The molecule has 0 amide bonds. The Hall–Kier alpha value is -1.10. The molecule has 0 saturated heterocycles. The number of ether oxygens (including phenoxy) is 1. The van der Waals surface area contributed by atoms with Crippen LogP contribution in [-0.2, 0) is 6.54 Å². The Bertz CT molecular complexity index is 544. The maximum Gasteiger partial charge on any atom is 0.183 e. The van der Waals surface area contributed by atoms with Crippen LogP contribution in [0.5, 0.6) is 5.75 Å². The summed E-state index contributed by atoms with van der Waals surface area (Å²) in [7, 11) is 0. The van der Waals surface area contributed by atoms with Crippen molar-refractivity contribution >= 4 is 22.9 Å². The summed E-state index contributed by atoms with van der Waals surface area (Å²) >= 11 is 7.43. The van der Waals surface area contributed by atoms with E-state index in [0.717, 1.165) is 6.54 Å². The highest BCUT2D eigenvalue weighted by Crippen LogP contribution is 2.23. The van der Waals surface area contributed by atoms with Crippen molar-refractivity contribution in [1.29, 1.82) is 0 Å². The SMILES string of the molecule is Cc1ccc(CNCCOc2cccc(Cl)c2F)s1. The van der Waals surface area contributed by atoms with Crippen LogP contribution in [0.1, 0.15) is 9.75 Å². The highest BCUT2D eigenvalue weighted by atomic mass is 35.5. The fourth-order valence-corrected chi connectivity index (χ4v) is 2.65. The lowest BCUT2D eigenvalue weighted by Gasteiger charge is -2.08. The summed E-state index contributed by atoms with van der Waals surface area (Å²) in [4.78, 5) is 2.58. The number of aryl methyl sites for hydroxylation is 1.